The highest BCUT2D eigenvalue weighted by molar-refractivity contribution is 5.97. The molecule has 0 spiro atoms. The highest BCUT2D eigenvalue weighted by atomic mass is 19.4. The van der Waals surface area contributed by atoms with E-state index in [0.717, 1.165) is 12.3 Å². The Bertz CT molecular complexity index is 965. The first-order valence-corrected chi connectivity index (χ1v) is 7.69. The van der Waals surface area contributed by atoms with E-state index in [0.29, 0.717) is 16.8 Å². The third-order valence-corrected chi connectivity index (χ3v) is 3.79. The summed E-state index contributed by atoms with van der Waals surface area (Å²) in [5.41, 5.74) is 5.57. The Balaban J connectivity index is 1.73. The average Bonchev–Trinajstić information content (AvgIpc) is 3.10. The van der Waals surface area contributed by atoms with Crippen LogP contribution in [0.1, 0.15) is 21.8 Å². The molecule has 5 nitrogen and oxygen atoms in total. The van der Waals surface area contributed by atoms with Crippen molar-refractivity contribution in [1.82, 2.24) is 4.98 Å². The second kappa shape index (κ2) is 7.10. The van der Waals surface area contributed by atoms with Crippen LogP contribution in [0.3, 0.4) is 0 Å². The summed E-state index contributed by atoms with van der Waals surface area (Å²) in [6.45, 7) is 0.0349. The van der Waals surface area contributed by atoms with Gasteiger partial charge < -0.3 is 15.5 Å². The van der Waals surface area contributed by atoms with Crippen LogP contribution in [0.5, 0.6) is 0 Å². The Hall–Kier alpha value is -3.36. The Morgan fingerprint density at radius 3 is 2.56 bits per heavy atom. The number of carbonyl (C=O) groups excluding carboxylic acids is 1. The zero-order valence-electron chi connectivity index (χ0n) is 13.7. The van der Waals surface area contributed by atoms with Crippen LogP contribution in [0.25, 0.3) is 11.1 Å². The van der Waals surface area contributed by atoms with Gasteiger partial charge in [0, 0.05) is 17.7 Å². The molecule has 3 rings (SSSR count). The second-order valence-electron chi connectivity index (χ2n) is 5.62. The number of aromatic nitrogens is 1. The first-order valence-electron chi connectivity index (χ1n) is 7.69. The number of nitrogens with two attached hydrogens (primary N) is 1. The highest BCUT2D eigenvalue weighted by Crippen LogP contribution is 2.28. The van der Waals surface area contributed by atoms with Crippen molar-refractivity contribution in [1.29, 1.82) is 0 Å². The van der Waals surface area contributed by atoms with Crippen molar-refractivity contribution in [2.75, 3.05) is 5.32 Å². The molecule has 0 saturated heterocycles. The van der Waals surface area contributed by atoms with E-state index in [-0.39, 0.29) is 17.9 Å². The quantitative estimate of drug-likeness (QED) is 0.651. The minimum absolute atomic E-state index is 0.0349. The summed E-state index contributed by atoms with van der Waals surface area (Å²) in [4.78, 5) is 14.6. The van der Waals surface area contributed by atoms with Crippen molar-refractivity contribution < 1.29 is 26.8 Å². The van der Waals surface area contributed by atoms with E-state index < -0.39 is 23.6 Å². The van der Waals surface area contributed by atoms with Crippen LogP contribution < -0.4 is 11.1 Å². The molecule has 2 heterocycles. The lowest BCUT2D eigenvalue weighted by molar-refractivity contribution is -0.141. The zero-order chi connectivity index (χ0) is 19.6. The van der Waals surface area contributed by atoms with Crippen LogP contribution in [0.4, 0.5) is 23.2 Å². The van der Waals surface area contributed by atoms with E-state index in [4.69, 9.17) is 10.2 Å². The van der Waals surface area contributed by atoms with Gasteiger partial charge in [-0.3, -0.25) is 4.79 Å². The topological polar surface area (TPSA) is 81.2 Å². The SMILES string of the molecule is NC(=O)c1occc1-c1ccc(CNc2ccc(C(F)(F)F)nc2)c(F)c1. The van der Waals surface area contributed by atoms with Gasteiger partial charge in [-0.2, -0.15) is 13.2 Å². The summed E-state index contributed by atoms with van der Waals surface area (Å²) in [7, 11) is 0. The van der Waals surface area contributed by atoms with Crippen molar-refractivity contribution in [3.05, 3.63) is 71.7 Å². The van der Waals surface area contributed by atoms with E-state index >= 15 is 0 Å². The summed E-state index contributed by atoms with van der Waals surface area (Å²) >= 11 is 0. The molecule has 0 aliphatic carbocycles. The van der Waals surface area contributed by atoms with Crippen LogP contribution in [0, 0.1) is 5.82 Å². The number of anilines is 1. The van der Waals surface area contributed by atoms with E-state index in [2.05, 4.69) is 10.3 Å². The lowest BCUT2D eigenvalue weighted by atomic mass is 10.0. The number of furan rings is 1. The number of amides is 1. The van der Waals surface area contributed by atoms with E-state index in [1.807, 2.05) is 0 Å². The number of nitrogens with one attached hydrogen (secondary N) is 1. The molecule has 2 aromatic heterocycles. The molecule has 3 N–H and O–H groups in total. The molecule has 0 saturated carbocycles. The van der Waals surface area contributed by atoms with Gasteiger partial charge in [0.2, 0.25) is 0 Å². The fourth-order valence-electron chi connectivity index (χ4n) is 2.45. The van der Waals surface area contributed by atoms with E-state index in [9.17, 15) is 22.4 Å². The Morgan fingerprint density at radius 1 is 1.19 bits per heavy atom. The minimum atomic E-state index is -4.52. The summed E-state index contributed by atoms with van der Waals surface area (Å²) in [6, 6.07) is 7.86. The number of benzene rings is 1. The molecule has 0 atom stereocenters. The van der Waals surface area contributed by atoms with Gasteiger partial charge in [-0.15, -0.1) is 0 Å². The monoisotopic (exact) mass is 379 g/mol. The highest BCUT2D eigenvalue weighted by Gasteiger charge is 2.32. The van der Waals surface area contributed by atoms with E-state index in [1.54, 1.807) is 6.07 Å². The molecule has 3 aromatic rings. The maximum absolute atomic E-state index is 14.3. The standard InChI is InChI=1S/C18H13F4N3O2/c19-14-7-10(13-5-6-27-16(13)17(23)26)1-2-11(14)8-24-12-3-4-15(25-9-12)18(20,21)22/h1-7,9,24H,8H2,(H2,23,26). The third-order valence-electron chi connectivity index (χ3n) is 3.79. The minimum Gasteiger partial charge on any atom is -0.459 e. The summed E-state index contributed by atoms with van der Waals surface area (Å²) in [6.07, 6.45) is -2.21. The summed E-state index contributed by atoms with van der Waals surface area (Å²) in [5, 5.41) is 2.80. The molecule has 1 aromatic carbocycles. The predicted octanol–water partition coefficient (Wildman–Crippen LogP) is 4.21. The molecule has 1 amide bonds. The predicted molar refractivity (Wildman–Crippen MR) is 89.2 cm³/mol. The van der Waals surface area contributed by atoms with Crippen molar-refractivity contribution in [2.24, 2.45) is 5.73 Å². The number of primary amides is 1. The number of hydrogen-bond donors (Lipinski definition) is 2. The molecule has 0 unspecified atom stereocenters. The van der Waals surface area contributed by atoms with E-state index in [1.165, 1.54) is 30.5 Å². The van der Waals surface area contributed by atoms with Crippen molar-refractivity contribution in [3.63, 3.8) is 0 Å². The van der Waals surface area contributed by atoms with Crippen LogP contribution in [0.2, 0.25) is 0 Å². The molecule has 0 fully saturated rings. The second-order valence-corrected chi connectivity index (χ2v) is 5.62. The van der Waals surface area contributed by atoms with Gasteiger partial charge in [0.1, 0.15) is 11.5 Å². The van der Waals surface area contributed by atoms with Crippen molar-refractivity contribution >= 4 is 11.6 Å². The van der Waals surface area contributed by atoms with Gasteiger partial charge in [0.15, 0.2) is 5.76 Å². The Kier molecular flexibility index (Phi) is 4.85. The number of carbonyl (C=O) groups is 1. The Morgan fingerprint density at radius 2 is 1.96 bits per heavy atom. The van der Waals surface area contributed by atoms with Crippen molar-refractivity contribution in [3.8, 4) is 11.1 Å². The molecular weight excluding hydrogens is 366 g/mol. The number of nitrogens with zero attached hydrogens (tertiary/aromatic N) is 1. The molecular formula is C18H13F4N3O2. The lowest BCUT2D eigenvalue weighted by Crippen LogP contribution is -2.11. The molecule has 0 aliphatic heterocycles. The first-order chi connectivity index (χ1) is 12.8. The fraction of sp³-hybridized carbons (Fsp3) is 0.111. The summed E-state index contributed by atoms with van der Waals surface area (Å²) in [5.74, 6) is -1.40. The number of alkyl halides is 3. The number of hydrogen-bond acceptors (Lipinski definition) is 4. The smallest absolute Gasteiger partial charge is 0.433 e. The van der Waals surface area contributed by atoms with Gasteiger partial charge in [-0.05, 0) is 29.8 Å². The third kappa shape index (κ3) is 4.08. The lowest BCUT2D eigenvalue weighted by Gasteiger charge is -2.10. The van der Waals surface area contributed by atoms with Gasteiger partial charge in [-0.1, -0.05) is 12.1 Å². The first kappa shape index (κ1) is 18.4. The van der Waals surface area contributed by atoms with Gasteiger partial charge >= 0.3 is 6.18 Å². The summed E-state index contributed by atoms with van der Waals surface area (Å²) < 4.78 is 56.8. The molecule has 0 aliphatic rings. The Labute approximate surface area is 150 Å². The molecule has 9 heteroatoms. The average molecular weight is 379 g/mol. The van der Waals surface area contributed by atoms with Crippen LogP contribution in [-0.2, 0) is 12.7 Å². The molecule has 27 heavy (non-hydrogen) atoms. The normalized spacial score (nSPS) is 11.4. The number of halogens is 4. The van der Waals surface area contributed by atoms with Crippen LogP contribution in [0.15, 0.2) is 53.3 Å². The fourth-order valence-corrected chi connectivity index (χ4v) is 2.45. The number of rotatable bonds is 5. The molecule has 140 valence electrons. The van der Waals surface area contributed by atoms with Crippen LogP contribution >= 0.6 is 0 Å². The van der Waals surface area contributed by atoms with Crippen molar-refractivity contribution in [2.45, 2.75) is 12.7 Å². The van der Waals surface area contributed by atoms with Gasteiger partial charge in [0.25, 0.3) is 5.91 Å². The molecule has 0 radical (unpaired) electrons. The van der Waals surface area contributed by atoms with Gasteiger partial charge in [0.05, 0.1) is 18.1 Å². The van der Waals surface area contributed by atoms with Gasteiger partial charge in [-0.25, -0.2) is 9.37 Å². The largest absolute Gasteiger partial charge is 0.459 e. The maximum atomic E-state index is 14.3. The van der Waals surface area contributed by atoms with Crippen LogP contribution in [-0.4, -0.2) is 10.9 Å². The number of pyridine rings is 1. The zero-order valence-corrected chi connectivity index (χ0v) is 13.7. The maximum Gasteiger partial charge on any atom is 0.433 e. The molecule has 0 bridgehead atoms.